The number of para-hydroxylation sites is 1. The summed E-state index contributed by atoms with van der Waals surface area (Å²) < 4.78 is 5.18. The number of aromatic amines is 1. The molecule has 3 rings (SSSR count). The van der Waals surface area contributed by atoms with Crippen LogP contribution in [-0.2, 0) is 4.74 Å². The minimum absolute atomic E-state index is 0.0694. The van der Waals surface area contributed by atoms with Gasteiger partial charge in [0.2, 0.25) is 0 Å². The molecule has 0 fully saturated rings. The molecule has 22 heavy (non-hydrogen) atoms. The van der Waals surface area contributed by atoms with Crippen LogP contribution < -0.4 is 5.56 Å². The smallest absolute Gasteiger partial charge is 0.258 e. The Morgan fingerprint density at radius 2 is 2.23 bits per heavy atom. The van der Waals surface area contributed by atoms with Gasteiger partial charge >= 0.3 is 0 Å². The molecule has 0 spiro atoms. The standard InChI is InChI=1S/C17H21N3O2/c1-12(20-9-7-13(8-10-20)11-22-2)16-18-15-6-4-3-5-14(15)17(21)19-16/h3-7,12H,8-11H2,1-2H3,(H,18,19,21). The van der Waals surface area contributed by atoms with Crippen molar-refractivity contribution in [3.8, 4) is 0 Å². The first kappa shape index (κ1) is 14.9. The van der Waals surface area contributed by atoms with Crippen molar-refractivity contribution >= 4 is 10.9 Å². The first-order chi connectivity index (χ1) is 10.7. The molecule has 1 N–H and O–H groups in total. The Hall–Kier alpha value is -1.98. The Balaban J connectivity index is 1.84. The third kappa shape index (κ3) is 2.96. The lowest BCUT2D eigenvalue weighted by Crippen LogP contribution is -2.33. The van der Waals surface area contributed by atoms with E-state index < -0.39 is 0 Å². The van der Waals surface area contributed by atoms with E-state index in [0.29, 0.717) is 12.0 Å². The lowest BCUT2D eigenvalue weighted by Gasteiger charge is -2.31. The summed E-state index contributed by atoms with van der Waals surface area (Å²) in [5.74, 6) is 0.729. The highest BCUT2D eigenvalue weighted by atomic mass is 16.5. The summed E-state index contributed by atoms with van der Waals surface area (Å²) in [5.41, 5.74) is 2.02. The van der Waals surface area contributed by atoms with E-state index in [0.717, 1.165) is 30.9 Å². The number of ether oxygens (including phenoxy) is 1. The van der Waals surface area contributed by atoms with E-state index in [9.17, 15) is 4.79 Å². The van der Waals surface area contributed by atoms with E-state index in [4.69, 9.17) is 4.74 Å². The van der Waals surface area contributed by atoms with Crippen LogP contribution in [0.25, 0.3) is 10.9 Å². The zero-order valence-electron chi connectivity index (χ0n) is 13.0. The van der Waals surface area contributed by atoms with Crippen LogP contribution in [-0.4, -0.2) is 41.7 Å². The van der Waals surface area contributed by atoms with Crippen LogP contribution >= 0.6 is 0 Å². The number of hydrogen-bond acceptors (Lipinski definition) is 4. The van der Waals surface area contributed by atoms with Gasteiger partial charge < -0.3 is 9.72 Å². The van der Waals surface area contributed by atoms with Crippen molar-refractivity contribution in [2.24, 2.45) is 0 Å². The molecule has 1 aromatic heterocycles. The predicted molar refractivity (Wildman–Crippen MR) is 86.9 cm³/mol. The number of methoxy groups -OCH3 is 1. The summed E-state index contributed by atoms with van der Waals surface area (Å²) in [6, 6.07) is 7.53. The monoisotopic (exact) mass is 299 g/mol. The molecular formula is C17H21N3O2. The predicted octanol–water partition coefficient (Wildman–Crippen LogP) is 2.26. The fourth-order valence-corrected chi connectivity index (χ4v) is 2.87. The summed E-state index contributed by atoms with van der Waals surface area (Å²) in [6.07, 6.45) is 3.21. The lowest BCUT2D eigenvalue weighted by atomic mass is 10.1. The summed E-state index contributed by atoms with van der Waals surface area (Å²) >= 11 is 0. The molecule has 0 saturated heterocycles. The lowest BCUT2D eigenvalue weighted by molar-refractivity contribution is 0.192. The van der Waals surface area contributed by atoms with Crippen LogP contribution in [0.1, 0.15) is 25.2 Å². The molecule has 0 amide bonds. The molecule has 1 aromatic carbocycles. The molecular weight excluding hydrogens is 278 g/mol. The van der Waals surface area contributed by atoms with E-state index in [1.54, 1.807) is 13.2 Å². The van der Waals surface area contributed by atoms with Crippen LogP contribution in [0, 0.1) is 0 Å². The Bertz CT molecular complexity index is 751. The molecule has 5 nitrogen and oxygen atoms in total. The van der Waals surface area contributed by atoms with Gasteiger partial charge in [0.15, 0.2) is 0 Å². The normalized spacial score (nSPS) is 17.5. The van der Waals surface area contributed by atoms with Gasteiger partial charge in [-0.25, -0.2) is 4.98 Å². The maximum atomic E-state index is 12.2. The minimum atomic E-state index is -0.0694. The highest BCUT2D eigenvalue weighted by Crippen LogP contribution is 2.22. The third-order valence-electron chi connectivity index (χ3n) is 4.24. The molecule has 2 aromatic rings. The van der Waals surface area contributed by atoms with Crippen molar-refractivity contribution in [2.45, 2.75) is 19.4 Å². The number of nitrogens with zero attached hydrogens (tertiary/aromatic N) is 2. The van der Waals surface area contributed by atoms with Gasteiger partial charge in [0.05, 0.1) is 23.6 Å². The van der Waals surface area contributed by atoms with Gasteiger partial charge in [0, 0.05) is 20.2 Å². The fourth-order valence-electron chi connectivity index (χ4n) is 2.87. The Kier molecular flexibility index (Phi) is 4.36. The molecule has 1 unspecified atom stereocenters. The fraction of sp³-hybridized carbons (Fsp3) is 0.412. The Morgan fingerprint density at radius 3 is 2.95 bits per heavy atom. The van der Waals surface area contributed by atoms with E-state index in [2.05, 4.69) is 27.9 Å². The van der Waals surface area contributed by atoms with Gasteiger partial charge in [-0.3, -0.25) is 9.69 Å². The maximum absolute atomic E-state index is 12.2. The molecule has 2 heterocycles. The number of nitrogens with one attached hydrogen (secondary N) is 1. The summed E-state index contributed by atoms with van der Waals surface area (Å²) in [7, 11) is 1.72. The van der Waals surface area contributed by atoms with Gasteiger partial charge in [-0.1, -0.05) is 18.2 Å². The van der Waals surface area contributed by atoms with Gasteiger partial charge in [0.1, 0.15) is 5.82 Å². The second-order valence-electron chi connectivity index (χ2n) is 5.68. The van der Waals surface area contributed by atoms with Crippen LogP contribution in [0.3, 0.4) is 0 Å². The average Bonchev–Trinajstić information content (AvgIpc) is 2.55. The number of rotatable bonds is 4. The molecule has 1 aliphatic rings. The van der Waals surface area contributed by atoms with Gasteiger partial charge in [-0.05, 0) is 31.1 Å². The van der Waals surface area contributed by atoms with Crippen LogP contribution in [0.2, 0.25) is 0 Å². The third-order valence-corrected chi connectivity index (χ3v) is 4.24. The van der Waals surface area contributed by atoms with Gasteiger partial charge in [-0.2, -0.15) is 0 Å². The number of H-pyrrole nitrogens is 1. The SMILES string of the molecule is COCC1=CCN(C(C)c2nc3ccccc3c(=O)[nH]2)CC1. The molecule has 116 valence electrons. The number of aromatic nitrogens is 2. The van der Waals surface area contributed by atoms with Crippen LogP contribution in [0.5, 0.6) is 0 Å². The number of hydrogen-bond donors (Lipinski definition) is 1. The molecule has 0 bridgehead atoms. The van der Waals surface area contributed by atoms with E-state index >= 15 is 0 Å². The molecule has 0 radical (unpaired) electrons. The van der Waals surface area contributed by atoms with Crippen molar-refractivity contribution in [3.63, 3.8) is 0 Å². The van der Waals surface area contributed by atoms with Crippen molar-refractivity contribution in [1.82, 2.24) is 14.9 Å². The van der Waals surface area contributed by atoms with Crippen molar-refractivity contribution in [1.29, 1.82) is 0 Å². The van der Waals surface area contributed by atoms with E-state index in [-0.39, 0.29) is 11.6 Å². The van der Waals surface area contributed by atoms with Crippen molar-refractivity contribution in [2.75, 3.05) is 26.8 Å². The van der Waals surface area contributed by atoms with Crippen LogP contribution in [0.4, 0.5) is 0 Å². The van der Waals surface area contributed by atoms with Gasteiger partial charge in [-0.15, -0.1) is 0 Å². The zero-order chi connectivity index (χ0) is 15.5. The summed E-state index contributed by atoms with van der Waals surface area (Å²) in [6.45, 7) is 4.60. The second kappa shape index (κ2) is 6.42. The molecule has 0 aliphatic carbocycles. The molecule has 0 saturated carbocycles. The quantitative estimate of drug-likeness (QED) is 0.880. The van der Waals surface area contributed by atoms with Gasteiger partial charge in [0.25, 0.3) is 5.56 Å². The average molecular weight is 299 g/mol. The Labute approximate surface area is 129 Å². The number of benzene rings is 1. The van der Waals surface area contributed by atoms with Crippen LogP contribution in [0.15, 0.2) is 40.7 Å². The Morgan fingerprint density at radius 1 is 1.41 bits per heavy atom. The van der Waals surface area contributed by atoms with E-state index in [1.807, 2.05) is 18.2 Å². The second-order valence-corrected chi connectivity index (χ2v) is 5.68. The molecule has 1 atom stereocenters. The summed E-state index contributed by atoms with van der Waals surface area (Å²) in [5, 5.41) is 0.638. The molecule has 1 aliphatic heterocycles. The highest BCUT2D eigenvalue weighted by Gasteiger charge is 2.21. The first-order valence-electron chi connectivity index (χ1n) is 7.59. The number of fused-ring (bicyclic) bond motifs is 1. The first-order valence-corrected chi connectivity index (χ1v) is 7.59. The summed E-state index contributed by atoms with van der Waals surface area (Å²) in [4.78, 5) is 22.0. The largest absolute Gasteiger partial charge is 0.380 e. The van der Waals surface area contributed by atoms with Crippen molar-refractivity contribution in [3.05, 3.63) is 52.1 Å². The minimum Gasteiger partial charge on any atom is -0.380 e. The topological polar surface area (TPSA) is 58.2 Å². The zero-order valence-corrected chi connectivity index (χ0v) is 13.0. The van der Waals surface area contributed by atoms with E-state index in [1.165, 1.54) is 5.57 Å². The maximum Gasteiger partial charge on any atom is 0.258 e. The highest BCUT2D eigenvalue weighted by molar-refractivity contribution is 5.77. The van der Waals surface area contributed by atoms with Crippen molar-refractivity contribution < 1.29 is 4.74 Å². The molecule has 5 heteroatoms.